The van der Waals surface area contributed by atoms with Gasteiger partial charge in [-0.15, -0.1) is 0 Å². The Hall–Kier alpha value is -4.17. The number of likely N-dealkylation sites (N-methyl/N-ethyl adjacent to an activating group) is 1. The summed E-state index contributed by atoms with van der Waals surface area (Å²) in [5.41, 5.74) is 10.4. The number of hydrogen-bond donors (Lipinski definition) is 0. The molecule has 2 heterocycles. The van der Waals surface area contributed by atoms with E-state index >= 15 is 0 Å². The maximum Gasteiger partial charge on any atom is 0.327 e. The number of carbonyl (C=O) groups excluding carboxylic acids is 4. The van der Waals surface area contributed by atoms with Crippen LogP contribution >= 0.6 is 0 Å². The molecule has 0 saturated carbocycles. The molecule has 1 saturated heterocycles. The van der Waals surface area contributed by atoms with Crippen molar-refractivity contribution >= 4 is 23.8 Å². The molecule has 2 aromatic rings. The third kappa shape index (κ3) is 3.41. The van der Waals surface area contributed by atoms with E-state index in [0.717, 1.165) is 15.4 Å². The largest absolute Gasteiger partial charge is 0.327 e. The van der Waals surface area contributed by atoms with Crippen molar-refractivity contribution in [1.29, 1.82) is 0 Å². The van der Waals surface area contributed by atoms with Gasteiger partial charge < -0.3 is 4.90 Å². The Bertz CT molecular complexity index is 1160. The van der Waals surface area contributed by atoms with Gasteiger partial charge >= 0.3 is 6.03 Å². The molecule has 168 valence electrons. The fraction of sp³-hybridized carbons (Fsp3) is 0.304. The summed E-state index contributed by atoms with van der Waals surface area (Å²) < 4.78 is 0. The second kappa shape index (κ2) is 8.40. The van der Waals surface area contributed by atoms with Crippen LogP contribution in [0.1, 0.15) is 46.2 Å². The highest BCUT2D eigenvalue weighted by Gasteiger charge is 2.50. The number of urea groups is 1. The highest BCUT2D eigenvalue weighted by atomic mass is 16.2. The molecule has 4 atom stereocenters. The third-order valence-electron chi connectivity index (χ3n) is 6.35. The van der Waals surface area contributed by atoms with Gasteiger partial charge in [0, 0.05) is 12.0 Å². The van der Waals surface area contributed by atoms with Crippen molar-refractivity contribution < 1.29 is 19.2 Å². The van der Waals surface area contributed by atoms with E-state index in [-0.39, 0.29) is 17.2 Å². The standard InChI is InChI=1S/C23H22N6O4/c1-13(28-20(30)16-11-7-8-12-17(16)21(28)31)18(25-26-24)22(32)29-19(14(2)27(3)23(29)33)15-9-5-4-6-10-15/h4-14,18-19H,1-3H3/t13-,14-,18-,19-/m1/s1. The minimum Gasteiger partial charge on any atom is -0.322 e. The molecule has 0 N–H and O–H groups in total. The molecule has 10 nitrogen and oxygen atoms in total. The van der Waals surface area contributed by atoms with Gasteiger partial charge in [-0.25, -0.2) is 4.79 Å². The molecule has 33 heavy (non-hydrogen) atoms. The summed E-state index contributed by atoms with van der Waals surface area (Å²) in [6.45, 7) is 3.28. The van der Waals surface area contributed by atoms with Gasteiger partial charge in [0.05, 0.1) is 29.3 Å². The molecule has 10 heteroatoms. The lowest BCUT2D eigenvalue weighted by Crippen LogP contribution is -2.52. The molecule has 0 radical (unpaired) electrons. The van der Waals surface area contributed by atoms with Crippen molar-refractivity contribution in [3.63, 3.8) is 0 Å². The van der Waals surface area contributed by atoms with Crippen molar-refractivity contribution in [3.8, 4) is 0 Å². The quantitative estimate of drug-likeness (QED) is 0.302. The summed E-state index contributed by atoms with van der Waals surface area (Å²) in [4.78, 5) is 58.8. The van der Waals surface area contributed by atoms with Gasteiger partial charge in [0.1, 0.15) is 6.04 Å². The van der Waals surface area contributed by atoms with E-state index in [9.17, 15) is 24.7 Å². The van der Waals surface area contributed by atoms with Gasteiger partial charge in [0.2, 0.25) is 5.91 Å². The maximum absolute atomic E-state index is 13.7. The molecule has 0 unspecified atom stereocenters. The van der Waals surface area contributed by atoms with Crippen LogP contribution in [-0.4, -0.2) is 63.6 Å². The summed E-state index contributed by atoms with van der Waals surface area (Å²) in [6, 6.07) is 11.3. The van der Waals surface area contributed by atoms with E-state index in [2.05, 4.69) is 10.0 Å². The van der Waals surface area contributed by atoms with Crippen LogP contribution in [-0.2, 0) is 4.79 Å². The van der Waals surface area contributed by atoms with Crippen LogP contribution in [0.25, 0.3) is 10.4 Å². The summed E-state index contributed by atoms with van der Waals surface area (Å²) in [7, 11) is 1.59. The predicted molar refractivity (Wildman–Crippen MR) is 118 cm³/mol. The average molecular weight is 446 g/mol. The molecule has 0 aliphatic carbocycles. The summed E-state index contributed by atoms with van der Waals surface area (Å²) in [5.74, 6) is -1.93. The van der Waals surface area contributed by atoms with Crippen LogP contribution in [0.15, 0.2) is 59.7 Å². The highest BCUT2D eigenvalue weighted by Crippen LogP contribution is 2.36. The third-order valence-corrected chi connectivity index (χ3v) is 6.35. The van der Waals surface area contributed by atoms with Crippen LogP contribution in [0.3, 0.4) is 0 Å². The Morgan fingerprint density at radius 3 is 2.09 bits per heavy atom. The minimum atomic E-state index is -1.48. The summed E-state index contributed by atoms with van der Waals surface area (Å²) in [5, 5.41) is 3.63. The zero-order valence-corrected chi connectivity index (χ0v) is 18.3. The molecule has 5 amide bonds. The number of hydrogen-bond acceptors (Lipinski definition) is 5. The van der Waals surface area contributed by atoms with Gasteiger partial charge in [-0.05, 0) is 37.1 Å². The van der Waals surface area contributed by atoms with E-state index in [1.54, 1.807) is 31.3 Å². The Balaban J connectivity index is 1.71. The van der Waals surface area contributed by atoms with E-state index in [0.29, 0.717) is 0 Å². The fourth-order valence-electron chi connectivity index (χ4n) is 4.47. The van der Waals surface area contributed by atoms with Crippen molar-refractivity contribution in [2.45, 2.75) is 38.0 Å². The molecule has 0 aromatic heterocycles. The average Bonchev–Trinajstić information content (AvgIpc) is 3.22. The number of benzene rings is 2. The first kappa shape index (κ1) is 22.0. The second-order valence-electron chi connectivity index (χ2n) is 8.11. The van der Waals surface area contributed by atoms with Crippen LogP contribution in [0.2, 0.25) is 0 Å². The number of azide groups is 1. The summed E-state index contributed by atoms with van der Waals surface area (Å²) >= 11 is 0. The normalized spacial score (nSPS) is 21.7. The Kier molecular flexibility index (Phi) is 5.61. The van der Waals surface area contributed by atoms with Gasteiger partial charge in [-0.2, -0.15) is 0 Å². The Labute approximate surface area is 190 Å². The fourth-order valence-corrected chi connectivity index (χ4v) is 4.47. The van der Waals surface area contributed by atoms with Crippen molar-refractivity contribution in [3.05, 3.63) is 81.7 Å². The Morgan fingerprint density at radius 1 is 1.00 bits per heavy atom. The van der Waals surface area contributed by atoms with Crippen molar-refractivity contribution in [1.82, 2.24) is 14.7 Å². The second-order valence-corrected chi connectivity index (χ2v) is 8.11. The zero-order valence-electron chi connectivity index (χ0n) is 18.3. The molecule has 4 rings (SSSR count). The lowest BCUT2D eigenvalue weighted by molar-refractivity contribution is -0.131. The lowest BCUT2D eigenvalue weighted by Gasteiger charge is -2.31. The number of rotatable bonds is 5. The van der Waals surface area contributed by atoms with Crippen LogP contribution in [0, 0.1) is 0 Å². The van der Waals surface area contributed by atoms with Crippen molar-refractivity contribution in [2.24, 2.45) is 5.11 Å². The van der Waals surface area contributed by atoms with Crippen LogP contribution in [0.4, 0.5) is 4.79 Å². The van der Waals surface area contributed by atoms with E-state index in [1.165, 1.54) is 24.0 Å². The molecule has 0 spiro atoms. The van der Waals surface area contributed by atoms with Gasteiger partial charge in [-0.1, -0.05) is 47.6 Å². The van der Waals surface area contributed by atoms with Crippen LogP contribution < -0.4 is 0 Å². The van der Waals surface area contributed by atoms with E-state index in [1.807, 2.05) is 25.1 Å². The molecular formula is C23H22N6O4. The number of nitrogens with zero attached hydrogens (tertiary/aromatic N) is 6. The molecule has 0 bridgehead atoms. The smallest absolute Gasteiger partial charge is 0.322 e. The first-order chi connectivity index (χ1) is 15.8. The Morgan fingerprint density at radius 2 is 1.55 bits per heavy atom. The monoisotopic (exact) mass is 446 g/mol. The maximum atomic E-state index is 13.7. The molecule has 2 aliphatic heterocycles. The zero-order chi connectivity index (χ0) is 23.9. The first-order valence-corrected chi connectivity index (χ1v) is 10.5. The number of carbonyl (C=O) groups is 4. The van der Waals surface area contributed by atoms with Gasteiger partial charge in [0.15, 0.2) is 0 Å². The van der Waals surface area contributed by atoms with Crippen LogP contribution in [0.5, 0.6) is 0 Å². The number of amides is 5. The lowest BCUT2D eigenvalue weighted by atomic mass is 9.99. The highest BCUT2D eigenvalue weighted by molar-refractivity contribution is 6.21. The predicted octanol–water partition coefficient (Wildman–Crippen LogP) is 3.37. The first-order valence-electron chi connectivity index (χ1n) is 10.5. The van der Waals surface area contributed by atoms with E-state index < -0.39 is 41.9 Å². The summed E-state index contributed by atoms with van der Waals surface area (Å²) in [6.07, 6.45) is 0. The molecule has 2 aromatic carbocycles. The van der Waals surface area contributed by atoms with Crippen molar-refractivity contribution in [2.75, 3.05) is 7.05 Å². The molecule has 1 fully saturated rings. The minimum absolute atomic E-state index is 0.217. The number of fused-ring (bicyclic) bond motifs is 1. The SMILES string of the molecule is C[C@@H]1[C@H](c2ccccc2)N(C(=O)[C@H](N=[N+]=[N-])[C@@H](C)N2C(=O)c3ccccc3C2=O)C(=O)N1C. The van der Waals surface area contributed by atoms with Gasteiger partial charge in [-0.3, -0.25) is 24.2 Å². The topological polar surface area (TPSA) is 127 Å². The van der Waals surface area contributed by atoms with E-state index in [4.69, 9.17) is 0 Å². The van der Waals surface area contributed by atoms with Gasteiger partial charge in [0.25, 0.3) is 11.8 Å². The molecule has 2 aliphatic rings. The number of imide groups is 2. The molecular weight excluding hydrogens is 424 g/mol.